The van der Waals surface area contributed by atoms with E-state index in [9.17, 15) is 72.9 Å². The first-order valence-corrected chi connectivity index (χ1v) is 42.4. The Bertz CT molecular complexity index is 4950. The van der Waals surface area contributed by atoms with E-state index in [-0.39, 0.29) is 102 Å². The summed E-state index contributed by atoms with van der Waals surface area (Å²) in [4.78, 5) is 244. The molecule has 36 N–H and O–H groups in total. The molecule has 3 aromatic heterocycles. The molecule has 47 nitrogen and oxygen atoms in total. The quantitative estimate of drug-likeness (QED) is 0.00730. The molecule has 0 aliphatic rings. The number of benzene rings is 3. The average molecular weight is 1840 g/mol. The number of thiol groups is 2. The number of nitrogens with two attached hydrogens (primary N) is 6. The molecule has 49 heteroatoms. The third-order valence-electron chi connectivity index (χ3n) is 20.2. The van der Waals surface area contributed by atoms with E-state index in [0.717, 1.165) is 0 Å². The monoisotopic (exact) mass is 1840 g/mol. The zero-order chi connectivity index (χ0) is 95.0. The largest absolute Gasteiger partial charge is 0.480 e. The minimum Gasteiger partial charge on any atom is -0.480 e. The van der Waals surface area contributed by atoms with Crippen molar-refractivity contribution < 1.29 is 96.8 Å². The van der Waals surface area contributed by atoms with Crippen LogP contribution in [0.2, 0.25) is 0 Å². The second-order valence-electron chi connectivity index (χ2n) is 30.1. The van der Waals surface area contributed by atoms with Crippen molar-refractivity contribution in [2.24, 2.45) is 34.4 Å². The molecule has 0 spiro atoms. The number of nitrogens with one attached hydrogen (secondary N) is 21. The van der Waals surface area contributed by atoms with Crippen LogP contribution in [0.25, 0.3) is 32.7 Å². The number of guanidine groups is 2. The van der Waals surface area contributed by atoms with Gasteiger partial charge in [-0.2, -0.15) is 25.3 Å². The number of unbranched alkanes of at least 4 members (excludes halogenated alkanes) is 1. The van der Waals surface area contributed by atoms with Gasteiger partial charge in [0, 0.05) is 108 Å². The molecular weight excluding hydrogens is 1720 g/mol. The summed E-state index contributed by atoms with van der Waals surface area (Å²) in [5, 5.41) is 85.8. The highest BCUT2D eigenvalue weighted by atomic mass is 32.1. The van der Waals surface area contributed by atoms with Gasteiger partial charge in [-0.15, -0.1) is 0 Å². The predicted molar refractivity (Wildman–Crippen MR) is 476 cm³/mol. The first-order chi connectivity index (χ1) is 61.5. The highest BCUT2D eigenvalue weighted by Crippen LogP contribution is 2.24. The Balaban J connectivity index is 1.23. The lowest BCUT2D eigenvalue weighted by atomic mass is 10.0. The van der Waals surface area contributed by atoms with Gasteiger partial charge < -0.3 is 150 Å². The molecule has 0 saturated heterocycles. The van der Waals surface area contributed by atoms with E-state index in [1.54, 1.807) is 85.2 Å². The van der Waals surface area contributed by atoms with E-state index in [1.807, 2.05) is 0 Å². The number of H-pyrrole nitrogens is 3. The Morgan fingerprint density at radius 3 is 1.10 bits per heavy atom. The molecule has 6 aromatic rings. The number of hydrogen-bond acceptors (Lipinski definition) is 25. The summed E-state index contributed by atoms with van der Waals surface area (Å²) in [5.74, 6) is -19.1. The summed E-state index contributed by atoms with van der Waals surface area (Å²) >= 11 is 8.40. The van der Waals surface area contributed by atoms with Crippen molar-refractivity contribution in [3.8, 4) is 0 Å². The summed E-state index contributed by atoms with van der Waals surface area (Å²) in [6, 6.07) is 0.140. The van der Waals surface area contributed by atoms with E-state index in [2.05, 4.69) is 125 Å². The van der Waals surface area contributed by atoms with Gasteiger partial charge in [0.05, 0.1) is 26.3 Å². The number of aliphatic hydroxyl groups excluding tert-OH is 2. The van der Waals surface area contributed by atoms with Gasteiger partial charge in [0.25, 0.3) is 0 Å². The highest BCUT2D eigenvalue weighted by Gasteiger charge is 2.38. The number of aliphatic carboxylic acids is 1. The van der Waals surface area contributed by atoms with Crippen molar-refractivity contribution in [2.75, 3.05) is 57.4 Å². The van der Waals surface area contributed by atoms with Crippen LogP contribution in [0.3, 0.4) is 0 Å². The van der Waals surface area contributed by atoms with E-state index >= 15 is 24.0 Å². The zero-order valence-corrected chi connectivity index (χ0v) is 72.4. The lowest BCUT2D eigenvalue weighted by Crippen LogP contribution is -2.61. The summed E-state index contributed by atoms with van der Waals surface area (Å²) < 4.78 is 0. The van der Waals surface area contributed by atoms with E-state index in [4.69, 9.17) is 45.2 Å². The topological polar surface area (TPSA) is 795 Å². The maximum Gasteiger partial charge on any atom is 0.326 e. The average Bonchev–Trinajstić information content (AvgIpc) is 1.70. The number of aromatic amines is 3. The third kappa shape index (κ3) is 34.2. The van der Waals surface area contributed by atoms with Gasteiger partial charge in [0.1, 0.15) is 78.5 Å². The first kappa shape index (κ1) is 104. The van der Waals surface area contributed by atoms with Crippen LogP contribution >= 0.6 is 25.3 Å². The van der Waals surface area contributed by atoms with Gasteiger partial charge in [-0.1, -0.05) is 54.6 Å². The van der Waals surface area contributed by atoms with E-state index in [1.165, 1.54) is 13.1 Å². The van der Waals surface area contributed by atoms with E-state index < -0.39 is 237 Å². The number of carboxylic acids is 1. The number of rotatable bonds is 57. The van der Waals surface area contributed by atoms with Crippen molar-refractivity contribution >= 4 is 170 Å². The van der Waals surface area contributed by atoms with Gasteiger partial charge >= 0.3 is 5.97 Å². The Morgan fingerprint density at radius 1 is 0.372 bits per heavy atom. The molecule has 3 aromatic carbocycles. The molecule has 0 bridgehead atoms. The van der Waals surface area contributed by atoms with Gasteiger partial charge in [0.15, 0.2) is 11.9 Å². The molecule has 0 aliphatic carbocycles. The molecule has 0 unspecified atom stereocenters. The number of carboxylic acid groups (broad SMARTS) is 1. The lowest BCUT2D eigenvalue weighted by Gasteiger charge is -2.28. The van der Waals surface area contributed by atoms with Crippen LogP contribution in [0.15, 0.2) is 91.4 Å². The molecular formula is C80H115N27O20S2. The van der Waals surface area contributed by atoms with Crippen molar-refractivity contribution in [1.29, 1.82) is 10.8 Å². The zero-order valence-electron chi connectivity index (χ0n) is 70.6. The maximum absolute atomic E-state index is 15.4. The predicted octanol–water partition coefficient (Wildman–Crippen LogP) is -8.33. The third-order valence-corrected chi connectivity index (χ3v) is 21.0. The fraction of sp³-hybridized carbons (Fsp3) is 0.463. The number of carbonyl (C=O) groups is 17. The summed E-state index contributed by atoms with van der Waals surface area (Å²) in [7, 11) is 0. The van der Waals surface area contributed by atoms with Crippen molar-refractivity contribution in [3.63, 3.8) is 0 Å². The second-order valence-corrected chi connectivity index (χ2v) is 30.8. The van der Waals surface area contributed by atoms with Gasteiger partial charge in [-0.25, -0.2) is 4.79 Å². The molecule has 0 aliphatic heterocycles. The van der Waals surface area contributed by atoms with Gasteiger partial charge in [0.2, 0.25) is 94.5 Å². The van der Waals surface area contributed by atoms with Gasteiger partial charge in [-0.3, -0.25) is 87.5 Å². The molecule has 0 fully saturated rings. The smallest absolute Gasteiger partial charge is 0.326 e. The summed E-state index contributed by atoms with van der Waals surface area (Å²) in [6.07, 6.45) is 1.79. The Kier molecular flexibility index (Phi) is 42.9. The molecule has 129 heavy (non-hydrogen) atoms. The Labute approximate surface area is 749 Å². The fourth-order valence-corrected chi connectivity index (χ4v) is 13.7. The van der Waals surface area contributed by atoms with Gasteiger partial charge in [-0.05, 0) is 106 Å². The van der Waals surface area contributed by atoms with Crippen molar-refractivity contribution in [1.82, 2.24) is 100 Å². The normalized spacial score (nSPS) is 14.1. The summed E-state index contributed by atoms with van der Waals surface area (Å²) in [5.41, 5.74) is 36.5. The van der Waals surface area contributed by atoms with Crippen LogP contribution in [0.5, 0.6) is 0 Å². The van der Waals surface area contributed by atoms with E-state index in [0.29, 0.717) is 49.4 Å². The van der Waals surface area contributed by atoms with Crippen LogP contribution < -0.4 is 119 Å². The number of aliphatic hydroxyl groups is 2. The maximum atomic E-state index is 15.4. The molecule has 13 atom stereocenters. The molecule has 3 heterocycles. The number of amides is 16. The fourth-order valence-electron chi connectivity index (χ4n) is 13.2. The Hall–Kier alpha value is -13.6. The van der Waals surface area contributed by atoms with Crippen LogP contribution in [-0.4, -0.2) is 279 Å². The standard InChI is InChI=1S/C80H115N27O20S2/c1-40(96-67(115)47(82)36-108)66(114)106-61(39-129)77(125)105-59(37-109)76(124)104-58(30-43-33-93-50-17-7-4-14-46(43)50)75(123)103-57(29-42-32-92-49-16-6-3-13-45(42)49)73(121)98-52(18-8-9-25-81)70(118)99-53(21-23-62(83)110)71(119)102-56(28-41-31-91-48-15-5-2-12-44(41)48)74(122)100-54(22-24-63(84)111)72(120)107-60(38-128)68(116)95-34-64(112)94-35-65(113)97-51(19-10-26-89-79(85)86)69(117)101-55(78(126)127)20-11-27-90-80(87)88/h2-7,12-17,31-33,40,47,51-61,91-93,108-109,128-129H,8-11,18-30,34-39,81-82H2,1H3,(H2,83,110)(H2,84,111)(H,94,112)(H,95,116)(H,96,115)(H,97,113)(H,98,121)(H,99,118)(H,100,122)(H,101,117)(H,102,119)(H,103,123)(H,104,124)(H,105,125)(H,106,114)(H,107,120)(H,126,127)(H4,85,86,89)(H4,87,88,90)/t40-,47-,51-,52-,53-,54-,55-,56-,57-,58-,59-,60-,61-/m0/s1. The van der Waals surface area contributed by atoms with Crippen LogP contribution in [0.1, 0.15) is 94.2 Å². The minimum absolute atomic E-state index is 0.0719. The van der Waals surface area contributed by atoms with Crippen LogP contribution in [-0.2, 0) is 101 Å². The number of fused-ring (bicyclic) bond motifs is 3. The van der Waals surface area contributed by atoms with Crippen molar-refractivity contribution in [3.05, 3.63) is 108 Å². The second kappa shape index (κ2) is 53.1. The summed E-state index contributed by atoms with van der Waals surface area (Å²) in [6.45, 7) is -1.88. The lowest BCUT2D eigenvalue weighted by molar-refractivity contribution is -0.142. The van der Waals surface area contributed by atoms with Crippen molar-refractivity contribution in [2.45, 2.75) is 175 Å². The minimum atomic E-state index is -1.82. The Morgan fingerprint density at radius 2 is 0.705 bits per heavy atom. The van der Waals surface area contributed by atoms with Crippen LogP contribution in [0.4, 0.5) is 0 Å². The van der Waals surface area contributed by atoms with Crippen LogP contribution in [0, 0.1) is 10.8 Å². The highest BCUT2D eigenvalue weighted by molar-refractivity contribution is 7.80. The number of aromatic nitrogens is 3. The number of para-hydroxylation sites is 3. The SMILES string of the molecule is C[C@H](NC(=O)[C@@H](N)CO)C(=O)N[C@@H](CS)C(=O)N[C@@H](CO)C(=O)N[C@@H](Cc1c[nH]c2ccccc12)C(=O)N[C@@H](Cc1c[nH]c2ccccc12)C(=O)N[C@@H](CCCCN)C(=O)N[C@@H](CCC(N)=O)C(=O)N[C@@H](Cc1c[nH]c2ccccc12)C(=O)N[C@@H](CCC(N)=O)C(=O)N[C@@H](CS)C(=O)NCC(=O)NCC(=O)N[C@@H](CCCNC(=N)N)C(=O)N[C@@H](CCCNC(=N)N)C(=O)O. The number of hydrogen-bond donors (Lipinski definition) is 32. The molecule has 702 valence electrons. The molecule has 0 saturated carbocycles. The molecule has 6 rings (SSSR count). The number of primary amides is 2. The first-order valence-electron chi connectivity index (χ1n) is 41.2. The number of carbonyl (C=O) groups excluding carboxylic acids is 16. The molecule has 0 radical (unpaired) electrons. The molecule has 16 amide bonds.